The Labute approximate surface area is 131 Å². The molecule has 5 nitrogen and oxygen atoms in total. The van der Waals surface area contributed by atoms with Gasteiger partial charge in [-0.3, -0.25) is 14.9 Å². The summed E-state index contributed by atoms with van der Waals surface area (Å²) in [4.78, 5) is 24.9. The minimum Gasteiger partial charge on any atom is -0.344 e. The Hall–Kier alpha value is -2.09. The Bertz CT molecular complexity index is 563. The fourth-order valence-corrected chi connectivity index (χ4v) is 2.46. The fraction of sp³-hybridized carbons (Fsp3) is 0.467. The number of likely N-dealkylation sites (N-methyl/N-ethyl adjacent to an activating group) is 1. The van der Waals surface area contributed by atoms with Crippen LogP contribution in [-0.4, -0.2) is 49.1 Å². The Morgan fingerprint density at radius 1 is 1.35 bits per heavy atom. The number of hydrogen-bond acceptors (Lipinski definition) is 3. The lowest BCUT2D eigenvalue weighted by atomic mass is 10.1. The average molecular weight is 329 g/mol. The van der Waals surface area contributed by atoms with Crippen molar-refractivity contribution in [2.75, 3.05) is 20.1 Å². The topological polar surface area (TPSA) is 61.4 Å². The molecule has 8 heteroatoms. The van der Waals surface area contributed by atoms with Crippen molar-refractivity contribution in [3.05, 3.63) is 35.9 Å². The number of alkyl halides is 3. The van der Waals surface area contributed by atoms with E-state index in [2.05, 4.69) is 10.6 Å². The molecular weight excluding hydrogens is 311 g/mol. The Balaban J connectivity index is 1.94. The van der Waals surface area contributed by atoms with Crippen LogP contribution in [-0.2, 0) is 9.59 Å². The van der Waals surface area contributed by atoms with Gasteiger partial charge in [0.25, 0.3) is 0 Å². The van der Waals surface area contributed by atoms with Gasteiger partial charge in [-0.15, -0.1) is 0 Å². The molecule has 1 aliphatic rings. The van der Waals surface area contributed by atoms with Crippen molar-refractivity contribution in [2.24, 2.45) is 0 Å². The zero-order valence-electron chi connectivity index (χ0n) is 12.6. The highest BCUT2D eigenvalue weighted by Gasteiger charge is 2.40. The molecule has 1 saturated heterocycles. The van der Waals surface area contributed by atoms with E-state index in [0.717, 1.165) is 0 Å². The molecule has 2 rings (SSSR count). The molecule has 0 radical (unpaired) electrons. The van der Waals surface area contributed by atoms with E-state index in [1.165, 1.54) is 29.2 Å². The number of rotatable bonds is 5. The summed E-state index contributed by atoms with van der Waals surface area (Å²) in [6.07, 6.45) is -4.06. The fourth-order valence-electron chi connectivity index (χ4n) is 2.46. The Kier molecular flexibility index (Phi) is 5.25. The minimum atomic E-state index is -4.52. The third-order valence-corrected chi connectivity index (χ3v) is 3.69. The molecule has 23 heavy (non-hydrogen) atoms. The molecule has 0 aromatic heterocycles. The molecule has 1 fully saturated rings. The lowest BCUT2D eigenvalue weighted by Crippen LogP contribution is -2.46. The lowest BCUT2D eigenvalue weighted by Gasteiger charge is -2.22. The van der Waals surface area contributed by atoms with Crippen LogP contribution in [0.5, 0.6) is 0 Å². The van der Waals surface area contributed by atoms with E-state index >= 15 is 0 Å². The molecular formula is C15H18F3N3O2. The largest absolute Gasteiger partial charge is 0.407 e. The van der Waals surface area contributed by atoms with E-state index in [1.807, 2.05) is 0 Å². The van der Waals surface area contributed by atoms with Crippen molar-refractivity contribution in [3.8, 4) is 0 Å². The first kappa shape index (κ1) is 17.3. The summed E-state index contributed by atoms with van der Waals surface area (Å²) in [5, 5.41) is 4.67. The SMILES string of the molecule is CN1CC[C@@H](NC(=O)CN[C@H](c2ccccc2)C(F)(F)F)C1=O. The lowest BCUT2D eigenvalue weighted by molar-refractivity contribution is -0.158. The molecule has 1 aliphatic heterocycles. The van der Waals surface area contributed by atoms with E-state index in [1.54, 1.807) is 13.1 Å². The van der Waals surface area contributed by atoms with Gasteiger partial charge in [0.2, 0.25) is 11.8 Å². The van der Waals surface area contributed by atoms with Crippen LogP contribution >= 0.6 is 0 Å². The van der Waals surface area contributed by atoms with E-state index in [9.17, 15) is 22.8 Å². The maximum atomic E-state index is 13.1. The number of hydrogen-bond donors (Lipinski definition) is 2. The Morgan fingerprint density at radius 2 is 2.00 bits per heavy atom. The van der Waals surface area contributed by atoms with E-state index in [0.29, 0.717) is 13.0 Å². The molecule has 0 saturated carbocycles. The molecule has 0 spiro atoms. The minimum absolute atomic E-state index is 0.0319. The summed E-state index contributed by atoms with van der Waals surface area (Å²) in [6.45, 7) is -0.00103. The number of halogens is 3. The zero-order chi connectivity index (χ0) is 17.0. The number of carbonyl (C=O) groups is 2. The number of likely N-dealkylation sites (tertiary alicyclic amines) is 1. The van der Waals surface area contributed by atoms with Crippen molar-refractivity contribution < 1.29 is 22.8 Å². The second-order valence-electron chi connectivity index (χ2n) is 5.43. The Morgan fingerprint density at radius 3 is 2.52 bits per heavy atom. The molecule has 2 amide bonds. The first-order valence-electron chi connectivity index (χ1n) is 7.18. The smallest absolute Gasteiger partial charge is 0.344 e. The predicted octanol–water partition coefficient (Wildman–Crippen LogP) is 1.23. The molecule has 1 aromatic rings. The second kappa shape index (κ2) is 6.99. The number of benzene rings is 1. The van der Waals surface area contributed by atoms with E-state index < -0.39 is 30.7 Å². The quantitative estimate of drug-likeness (QED) is 0.854. The van der Waals surface area contributed by atoms with Gasteiger partial charge in [-0.25, -0.2) is 0 Å². The molecule has 0 aliphatic carbocycles. The molecule has 126 valence electrons. The standard InChI is InChI=1S/C15H18F3N3O2/c1-21-8-7-11(14(21)23)20-12(22)9-19-13(15(16,17)18)10-5-3-2-4-6-10/h2-6,11,13,19H,7-9H2,1H3,(H,20,22)/t11-,13-/m1/s1. The van der Waals surface area contributed by atoms with Crippen molar-refractivity contribution in [1.29, 1.82) is 0 Å². The van der Waals surface area contributed by atoms with Crippen LogP contribution in [0.3, 0.4) is 0 Å². The first-order chi connectivity index (χ1) is 10.8. The van der Waals surface area contributed by atoms with Crippen LogP contribution in [0.1, 0.15) is 18.0 Å². The third-order valence-electron chi connectivity index (χ3n) is 3.69. The number of nitrogens with zero attached hydrogens (tertiary/aromatic N) is 1. The van der Waals surface area contributed by atoms with Crippen LogP contribution in [0.25, 0.3) is 0 Å². The van der Waals surface area contributed by atoms with Crippen LogP contribution < -0.4 is 10.6 Å². The predicted molar refractivity (Wildman–Crippen MR) is 77.4 cm³/mol. The van der Waals surface area contributed by atoms with Crippen molar-refractivity contribution >= 4 is 11.8 Å². The molecule has 1 heterocycles. The molecule has 1 aromatic carbocycles. The summed E-state index contributed by atoms with van der Waals surface area (Å²) in [7, 11) is 1.61. The van der Waals surface area contributed by atoms with Crippen LogP contribution in [0.15, 0.2) is 30.3 Å². The zero-order valence-corrected chi connectivity index (χ0v) is 12.6. The van der Waals surface area contributed by atoms with Crippen molar-refractivity contribution in [2.45, 2.75) is 24.7 Å². The van der Waals surface area contributed by atoms with Crippen molar-refractivity contribution in [3.63, 3.8) is 0 Å². The second-order valence-corrected chi connectivity index (χ2v) is 5.43. The summed E-state index contributed by atoms with van der Waals surface area (Å²) in [5.74, 6) is -0.863. The van der Waals surface area contributed by atoms with Gasteiger partial charge in [-0.05, 0) is 12.0 Å². The number of amides is 2. The highest BCUT2D eigenvalue weighted by atomic mass is 19.4. The van der Waals surface area contributed by atoms with Crippen LogP contribution in [0, 0.1) is 0 Å². The number of nitrogens with one attached hydrogen (secondary N) is 2. The van der Waals surface area contributed by atoms with Crippen LogP contribution in [0.4, 0.5) is 13.2 Å². The monoisotopic (exact) mass is 329 g/mol. The average Bonchev–Trinajstić information content (AvgIpc) is 2.79. The van der Waals surface area contributed by atoms with Gasteiger partial charge in [-0.2, -0.15) is 13.2 Å². The van der Waals surface area contributed by atoms with Gasteiger partial charge in [0.1, 0.15) is 12.1 Å². The molecule has 2 atom stereocenters. The van der Waals surface area contributed by atoms with Gasteiger partial charge in [0.15, 0.2) is 0 Å². The molecule has 0 unspecified atom stereocenters. The maximum Gasteiger partial charge on any atom is 0.407 e. The van der Waals surface area contributed by atoms with Gasteiger partial charge < -0.3 is 10.2 Å². The summed E-state index contributed by atoms with van der Waals surface area (Å²) < 4.78 is 39.4. The molecule has 0 bridgehead atoms. The van der Waals surface area contributed by atoms with Crippen molar-refractivity contribution in [1.82, 2.24) is 15.5 Å². The normalized spacial score (nSPS) is 19.7. The van der Waals surface area contributed by atoms with Gasteiger partial charge in [0.05, 0.1) is 6.54 Å². The van der Waals surface area contributed by atoms with E-state index in [4.69, 9.17) is 0 Å². The highest BCUT2D eigenvalue weighted by molar-refractivity contribution is 5.89. The van der Waals surface area contributed by atoms with E-state index in [-0.39, 0.29) is 11.5 Å². The summed E-state index contributed by atoms with van der Waals surface area (Å²) >= 11 is 0. The summed E-state index contributed by atoms with van der Waals surface area (Å²) in [5.41, 5.74) is 0.0319. The first-order valence-corrected chi connectivity index (χ1v) is 7.18. The maximum absolute atomic E-state index is 13.1. The van der Waals surface area contributed by atoms with Gasteiger partial charge >= 0.3 is 6.18 Å². The van der Waals surface area contributed by atoms with Gasteiger partial charge in [-0.1, -0.05) is 30.3 Å². The van der Waals surface area contributed by atoms with Gasteiger partial charge in [0, 0.05) is 13.6 Å². The highest BCUT2D eigenvalue weighted by Crippen LogP contribution is 2.32. The third kappa shape index (κ3) is 4.44. The summed E-state index contributed by atoms with van der Waals surface area (Å²) in [6, 6.07) is 4.72. The van der Waals surface area contributed by atoms with Crippen LogP contribution in [0.2, 0.25) is 0 Å². The number of carbonyl (C=O) groups excluding carboxylic acids is 2. The molecule has 2 N–H and O–H groups in total.